The van der Waals surface area contributed by atoms with Crippen molar-refractivity contribution in [3.8, 4) is 0 Å². The number of carbonyl (C=O) groups excluding carboxylic acids is 1. The summed E-state index contributed by atoms with van der Waals surface area (Å²) in [6.07, 6.45) is 3.34. The van der Waals surface area contributed by atoms with Crippen LogP contribution >= 0.6 is 0 Å². The smallest absolute Gasteiger partial charge is 0.241 e. The van der Waals surface area contributed by atoms with Gasteiger partial charge in [-0.3, -0.25) is 4.79 Å². The number of nitrogens with one attached hydrogen (secondary N) is 1. The summed E-state index contributed by atoms with van der Waals surface area (Å²) < 4.78 is 1.86. The van der Waals surface area contributed by atoms with Gasteiger partial charge < -0.3 is 15.6 Å². The number of nitrogens with two attached hydrogens (primary N) is 1. The quantitative estimate of drug-likeness (QED) is 0.551. The van der Waals surface area contributed by atoms with Gasteiger partial charge in [0.05, 0.1) is 19.1 Å². The Morgan fingerprint density at radius 2 is 2.73 bits per heavy atom. The van der Waals surface area contributed by atoms with E-state index in [4.69, 9.17) is 5.73 Å². The number of primary amides is 1. The molecule has 0 aliphatic carbocycles. The van der Waals surface area contributed by atoms with E-state index in [1.165, 1.54) is 0 Å². The standard InChI is InChI=1S/C6H8N4O/c7-6(11)4-2-10-3-8-1-5(10)9-4/h1,3-4,9H,2H2,(H2,7,11). The Labute approximate surface area is 63.2 Å². The first-order valence-electron chi connectivity index (χ1n) is 3.33. The largest absolute Gasteiger partial charge is 0.368 e. The molecule has 58 valence electrons. The third-order valence-corrected chi connectivity index (χ3v) is 1.76. The number of rotatable bonds is 1. The van der Waals surface area contributed by atoms with Crippen LogP contribution in [0, 0.1) is 0 Å². The Morgan fingerprint density at radius 1 is 1.91 bits per heavy atom. The van der Waals surface area contributed by atoms with Crippen molar-refractivity contribution in [2.75, 3.05) is 5.32 Å². The molecule has 0 saturated heterocycles. The highest BCUT2D eigenvalue weighted by Crippen LogP contribution is 2.16. The van der Waals surface area contributed by atoms with E-state index in [2.05, 4.69) is 10.3 Å². The zero-order chi connectivity index (χ0) is 7.84. The van der Waals surface area contributed by atoms with Crippen LogP contribution in [0.25, 0.3) is 0 Å². The third-order valence-electron chi connectivity index (χ3n) is 1.76. The minimum absolute atomic E-state index is 0.270. The zero-order valence-electron chi connectivity index (χ0n) is 5.82. The molecule has 1 unspecified atom stereocenters. The van der Waals surface area contributed by atoms with Crippen LogP contribution in [0.2, 0.25) is 0 Å². The Hall–Kier alpha value is -1.52. The predicted molar refractivity (Wildman–Crippen MR) is 38.8 cm³/mol. The number of carbonyl (C=O) groups is 1. The first kappa shape index (κ1) is 6.21. The van der Waals surface area contributed by atoms with Crippen molar-refractivity contribution in [3.63, 3.8) is 0 Å². The lowest BCUT2D eigenvalue weighted by Crippen LogP contribution is -2.33. The van der Waals surface area contributed by atoms with Gasteiger partial charge in [0.15, 0.2) is 0 Å². The topological polar surface area (TPSA) is 72.9 Å². The summed E-state index contributed by atoms with van der Waals surface area (Å²) in [7, 11) is 0. The lowest BCUT2D eigenvalue weighted by atomic mass is 10.3. The Bertz CT molecular complexity index is 272. The molecule has 0 aromatic carbocycles. The van der Waals surface area contributed by atoms with Gasteiger partial charge in [-0.15, -0.1) is 0 Å². The molecule has 1 atom stereocenters. The highest BCUT2D eigenvalue weighted by molar-refractivity contribution is 5.83. The zero-order valence-corrected chi connectivity index (χ0v) is 5.82. The van der Waals surface area contributed by atoms with Crippen LogP contribution in [0.3, 0.4) is 0 Å². The van der Waals surface area contributed by atoms with E-state index in [-0.39, 0.29) is 11.9 Å². The first-order chi connectivity index (χ1) is 5.27. The van der Waals surface area contributed by atoms with Gasteiger partial charge in [0.25, 0.3) is 0 Å². The van der Waals surface area contributed by atoms with Gasteiger partial charge in [0.1, 0.15) is 11.9 Å². The molecule has 2 heterocycles. The Balaban J connectivity index is 2.22. The summed E-state index contributed by atoms with van der Waals surface area (Å²) in [6, 6.07) is -0.270. The molecule has 5 nitrogen and oxygen atoms in total. The maximum atomic E-state index is 10.7. The second-order valence-electron chi connectivity index (χ2n) is 2.53. The molecule has 1 aliphatic heterocycles. The molecule has 1 aromatic heterocycles. The van der Waals surface area contributed by atoms with Crippen LogP contribution in [-0.2, 0) is 11.3 Å². The molecule has 1 aliphatic rings. The van der Waals surface area contributed by atoms with Gasteiger partial charge in [-0.2, -0.15) is 0 Å². The molecule has 3 N–H and O–H groups in total. The van der Waals surface area contributed by atoms with Gasteiger partial charge in [-0.05, 0) is 0 Å². The summed E-state index contributed by atoms with van der Waals surface area (Å²) >= 11 is 0. The van der Waals surface area contributed by atoms with Crippen molar-refractivity contribution < 1.29 is 4.79 Å². The molecule has 0 spiro atoms. The van der Waals surface area contributed by atoms with Crippen LogP contribution in [0.5, 0.6) is 0 Å². The maximum Gasteiger partial charge on any atom is 0.241 e. The highest BCUT2D eigenvalue weighted by atomic mass is 16.1. The Morgan fingerprint density at radius 3 is 3.36 bits per heavy atom. The lowest BCUT2D eigenvalue weighted by molar-refractivity contribution is -0.118. The van der Waals surface area contributed by atoms with E-state index < -0.39 is 0 Å². The van der Waals surface area contributed by atoms with Crippen molar-refractivity contribution in [1.29, 1.82) is 0 Å². The molecule has 11 heavy (non-hydrogen) atoms. The molecule has 1 aromatic rings. The van der Waals surface area contributed by atoms with E-state index in [0.717, 1.165) is 5.82 Å². The number of hydrogen-bond donors (Lipinski definition) is 2. The molecule has 0 bridgehead atoms. The predicted octanol–water partition coefficient (Wildman–Crippen LogP) is -0.838. The average molecular weight is 152 g/mol. The monoisotopic (exact) mass is 152 g/mol. The Kier molecular flexibility index (Phi) is 1.12. The maximum absolute atomic E-state index is 10.7. The van der Waals surface area contributed by atoms with Gasteiger partial charge in [-0.25, -0.2) is 4.98 Å². The van der Waals surface area contributed by atoms with Crippen molar-refractivity contribution in [2.24, 2.45) is 5.73 Å². The average Bonchev–Trinajstić information content (AvgIpc) is 2.40. The number of amides is 1. The lowest BCUT2D eigenvalue weighted by Gasteiger charge is -2.02. The second-order valence-corrected chi connectivity index (χ2v) is 2.53. The number of hydrogen-bond acceptors (Lipinski definition) is 3. The molecular weight excluding hydrogens is 144 g/mol. The SMILES string of the molecule is NC(=O)C1Cn2cncc2N1. The molecule has 2 rings (SSSR count). The van der Waals surface area contributed by atoms with Gasteiger partial charge in [0, 0.05) is 0 Å². The van der Waals surface area contributed by atoms with Gasteiger partial charge in [-0.1, -0.05) is 0 Å². The number of fused-ring (bicyclic) bond motifs is 1. The summed E-state index contributed by atoms with van der Waals surface area (Å²) in [5, 5.41) is 2.94. The summed E-state index contributed by atoms with van der Waals surface area (Å²) in [4.78, 5) is 14.6. The van der Waals surface area contributed by atoms with Crippen LogP contribution < -0.4 is 11.1 Å². The number of aromatic nitrogens is 2. The number of anilines is 1. The molecule has 0 fully saturated rings. The van der Waals surface area contributed by atoms with Crippen molar-refractivity contribution >= 4 is 11.7 Å². The first-order valence-corrected chi connectivity index (χ1v) is 3.33. The van der Waals surface area contributed by atoms with E-state index in [0.29, 0.717) is 6.54 Å². The molecule has 1 amide bonds. The molecule has 5 heteroatoms. The van der Waals surface area contributed by atoms with Crippen LogP contribution in [0.15, 0.2) is 12.5 Å². The fourth-order valence-electron chi connectivity index (χ4n) is 1.17. The molecular formula is C6H8N4O. The summed E-state index contributed by atoms with van der Waals surface area (Å²) in [5.41, 5.74) is 5.10. The fraction of sp³-hybridized carbons (Fsp3) is 0.333. The van der Waals surface area contributed by atoms with Crippen molar-refractivity contribution in [2.45, 2.75) is 12.6 Å². The van der Waals surface area contributed by atoms with Crippen LogP contribution in [-0.4, -0.2) is 21.5 Å². The van der Waals surface area contributed by atoms with E-state index in [1.54, 1.807) is 12.5 Å². The van der Waals surface area contributed by atoms with Crippen LogP contribution in [0.4, 0.5) is 5.82 Å². The molecule has 0 saturated carbocycles. The minimum Gasteiger partial charge on any atom is -0.368 e. The second kappa shape index (κ2) is 1.98. The van der Waals surface area contributed by atoms with Gasteiger partial charge in [0.2, 0.25) is 5.91 Å². The number of imidazole rings is 1. The van der Waals surface area contributed by atoms with Crippen molar-refractivity contribution in [1.82, 2.24) is 9.55 Å². The number of nitrogens with zero attached hydrogens (tertiary/aromatic N) is 2. The van der Waals surface area contributed by atoms with Crippen LogP contribution in [0.1, 0.15) is 0 Å². The third kappa shape index (κ3) is 0.849. The minimum atomic E-state index is -0.325. The summed E-state index contributed by atoms with van der Waals surface area (Å²) in [5.74, 6) is 0.530. The fourth-order valence-corrected chi connectivity index (χ4v) is 1.17. The van der Waals surface area contributed by atoms with E-state index in [9.17, 15) is 4.79 Å². The molecule has 0 radical (unpaired) electrons. The van der Waals surface area contributed by atoms with Crippen molar-refractivity contribution in [3.05, 3.63) is 12.5 Å². The van der Waals surface area contributed by atoms with E-state index in [1.807, 2.05) is 4.57 Å². The normalized spacial score (nSPS) is 20.9. The van der Waals surface area contributed by atoms with Gasteiger partial charge >= 0.3 is 0 Å². The summed E-state index contributed by atoms with van der Waals surface area (Å²) in [6.45, 7) is 0.588. The van der Waals surface area contributed by atoms with E-state index >= 15 is 0 Å². The highest BCUT2D eigenvalue weighted by Gasteiger charge is 2.23.